The molecule has 0 N–H and O–H groups in total. The number of nitrogens with zero attached hydrogens (tertiary/aromatic N) is 2. The van der Waals surface area contributed by atoms with E-state index in [1.54, 1.807) is 16.2 Å². The van der Waals surface area contributed by atoms with Crippen LogP contribution in [0.15, 0.2) is 24.3 Å². The molecule has 0 saturated carbocycles. The number of carbonyl (C=O) groups is 1. The summed E-state index contributed by atoms with van der Waals surface area (Å²) < 4.78 is 6.76. The highest BCUT2D eigenvalue weighted by Gasteiger charge is 2.28. The van der Waals surface area contributed by atoms with Gasteiger partial charge in [0.05, 0.1) is 20.9 Å². The SMILES string of the molecule is Cc1nc2cc(C3=CC(C)CCN3C(=O)OC(C)(C)C)ccc2s1. The van der Waals surface area contributed by atoms with Gasteiger partial charge in [-0.15, -0.1) is 11.3 Å². The second-order valence-corrected chi connectivity index (χ2v) is 8.60. The van der Waals surface area contributed by atoms with Gasteiger partial charge in [0.15, 0.2) is 0 Å². The molecule has 128 valence electrons. The number of amides is 1. The van der Waals surface area contributed by atoms with Crippen molar-refractivity contribution in [1.29, 1.82) is 0 Å². The van der Waals surface area contributed by atoms with Gasteiger partial charge in [-0.25, -0.2) is 9.78 Å². The fraction of sp³-hybridized carbons (Fsp3) is 0.474. The molecule has 1 atom stereocenters. The van der Waals surface area contributed by atoms with E-state index in [-0.39, 0.29) is 6.09 Å². The number of benzene rings is 1. The first-order valence-electron chi connectivity index (χ1n) is 8.33. The van der Waals surface area contributed by atoms with Crippen LogP contribution in [0.3, 0.4) is 0 Å². The van der Waals surface area contributed by atoms with Crippen molar-refractivity contribution < 1.29 is 9.53 Å². The van der Waals surface area contributed by atoms with Gasteiger partial charge in [0.2, 0.25) is 0 Å². The third kappa shape index (κ3) is 3.61. The molecule has 0 fully saturated rings. The first kappa shape index (κ1) is 17.0. The Labute approximate surface area is 147 Å². The third-order valence-corrected chi connectivity index (χ3v) is 4.90. The van der Waals surface area contributed by atoms with Crippen LogP contribution in [0.25, 0.3) is 15.9 Å². The van der Waals surface area contributed by atoms with Crippen molar-refractivity contribution >= 4 is 33.3 Å². The molecule has 1 unspecified atom stereocenters. The molecular weight excluding hydrogens is 320 g/mol. The Bertz CT molecular complexity index is 801. The maximum absolute atomic E-state index is 12.6. The molecule has 0 radical (unpaired) electrons. The molecule has 3 rings (SSSR count). The Morgan fingerprint density at radius 2 is 2.12 bits per heavy atom. The summed E-state index contributed by atoms with van der Waals surface area (Å²) >= 11 is 1.69. The standard InChI is InChI=1S/C19H24N2O2S/c1-12-8-9-21(18(22)23-19(3,4)5)16(10-12)14-6-7-17-15(11-14)20-13(2)24-17/h6-7,10-12H,8-9H2,1-5H3. The third-order valence-electron chi connectivity index (χ3n) is 3.95. The number of carbonyl (C=O) groups excluding carboxylic acids is 1. The molecule has 1 aromatic carbocycles. The Hall–Kier alpha value is -1.88. The van der Waals surface area contributed by atoms with E-state index >= 15 is 0 Å². The number of hydrogen-bond acceptors (Lipinski definition) is 4. The maximum atomic E-state index is 12.6. The Balaban J connectivity index is 1.97. The van der Waals surface area contributed by atoms with Crippen molar-refractivity contribution in [3.05, 3.63) is 34.8 Å². The molecule has 1 amide bonds. The summed E-state index contributed by atoms with van der Waals surface area (Å²) in [6, 6.07) is 6.23. The number of rotatable bonds is 1. The molecule has 24 heavy (non-hydrogen) atoms. The molecule has 0 bridgehead atoms. The number of fused-ring (bicyclic) bond motifs is 1. The minimum Gasteiger partial charge on any atom is -0.443 e. The van der Waals surface area contributed by atoms with Crippen LogP contribution in [-0.4, -0.2) is 28.1 Å². The number of aromatic nitrogens is 1. The zero-order valence-electron chi connectivity index (χ0n) is 14.9. The van der Waals surface area contributed by atoms with Crippen LogP contribution in [0, 0.1) is 12.8 Å². The smallest absolute Gasteiger partial charge is 0.414 e. The molecule has 4 nitrogen and oxygen atoms in total. The van der Waals surface area contributed by atoms with Gasteiger partial charge in [0.1, 0.15) is 5.60 Å². The summed E-state index contributed by atoms with van der Waals surface area (Å²) in [6.07, 6.45) is 2.82. The Morgan fingerprint density at radius 3 is 2.83 bits per heavy atom. The summed E-state index contributed by atoms with van der Waals surface area (Å²) in [5.41, 5.74) is 2.43. The summed E-state index contributed by atoms with van der Waals surface area (Å²) in [5, 5.41) is 1.05. The summed E-state index contributed by atoms with van der Waals surface area (Å²) in [7, 11) is 0. The molecule has 2 aromatic rings. The van der Waals surface area contributed by atoms with Crippen LogP contribution in [0.2, 0.25) is 0 Å². The van der Waals surface area contributed by atoms with Gasteiger partial charge in [-0.05, 0) is 52.2 Å². The van der Waals surface area contributed by atoms with Crippen LogP contribution in [0.4, 0.5) is 4.79 Å². The monoisotopic (exact) mass is 344 g/mol. The fourth-order valence-corrected chi connectivity index (χ4v) is 3.66. The lowest BCUT2D eigenvalue weighted by Crippen LogP contribution is -2.38. The molecule has 1 aliphatic rings. The van der Waals surface area contributed by atoms with Gasteiger partial charge in [0, 0.05) is 12.1 Å². The lowest BCUT2D eigenvalue weighted by atomic mass is 9.98. The van der Waals surface area contributed by atoms with Crippen molar-refractivity contribution in [2.24, 2.45) is 5.92 Å². The highest BCUT2D eigenvalue weighted by atomic mass is 32.1. The van der Waals surface area contributed by atoms with E-state index < -0.39 is 5.60 Å². The van der Waals surface area contributed by atoms with Gasteiger partial charge >= 0.3 is 6.09 Å². The Morgan fingerprint density at radius 1 is 1.38 bits per heavy atom. The largest absolute Gasteiger partial charge is 0.443 e. The number of ether oxygens (including phenoxy) is 1. The lowest BCUT2D eigenvalue weighted by molar-refractivity contribution is 0.0341. The lowest BCUT2D eigenvalue weighted by Gasteiger charge is -2.33. The molecule has 5 heteroatoms. The van der Waals surface area contributed by atoms with Crippen molar-refractivity contribution in [3.63, 3.8) is 0 Å². The summed E-state index contributed by atoms with van der Waals surface area (Å²) in [6.45, 7) is 10.5. The quantitative estimate of drug-likeness (QED) is 0.712. The molecule has 0 aliphatic carbocycles. The predicted octanol–water partition coefficient (Wildman–Crippen LogP) is 5.22. The molecule has 2 heterocycles. The van der Waals surface area contributed by atoms with Gasteiger partial charge in [-0.3, -0.25) is 4.90 Å². The summed E-state index contributed by atoms with van der Waals surface area (Å²) in [5.74, 6) is 0.437. The van der Waals surface area contributed by atoms with E-state index in [4.69, 9.17) is 4.74 Å². The maximum Gasteiger partial charge on any atom is 0.414 e. The second-order valence-electron chi connectivity index (χ2n) is 7.37. The van der Waals surface area contributed by atoms with Crippen LogP contribution < -0.4 is 0 Å². The van der Waals surface area contributed by atoms with Gasteiger partial charge in [-0.1, -0.05) is 19.1 Å². The average molecular weight is 344 g/mol. The van der Waals surface area contributed by atoms with Crippen molar-refractivity contribution in [3.8, 4) is 0 Å². The van der Waals surface area contributed by atoms with Gasteiger partial charge in [-0.2, -0.15) is 0 Å². The van der Waals surface area contributed by atoms with E-state index in [2.05, 4.69) is 36.2 Å². The first-order valence-corrected chi connectivity index (χ1v) is 9.14. The van der Waals surface area contributed by atoms with Crippen LogP contribution in [-0.2, 0) is 4.74 Å². The molecule has 1 aliphatic heterocycles. The highest BCUT2D eigenvalue weighted by Crippen LogP contribution is 2.32. The second kappa shape index (κ2) is 6.20. The first-order chi connectivity index (χ1) is 11.2. The van der Waals surface area contributed by atoms with Crippen LogP contribution in [0.1, 0.15) is 44.7 Å². The highest BCUT2D eigenvalue weighted by molar-refractivity contribution is 7.18. The zero-order valence-corrected chi connectivity index (χ0v) is 15.7. The molecular formula is C19H24N2O2S. The van der Waals surface area contributed by atoms with Crippen molar-refractivity contribution in [1.82, 2.24) is 9.88 Å². The summed E-state index contributed by atoms with van der Waals surface area (Å²) in [4.78, 5) is 19.0. The Kier molecular flexibility index (Phi) is 4.38. The number of thiazole rings is 1. The molecule has 0 saturated heterocycles. The van der Waals surface area contributed by atoms with Gasteiger partial charge in [0.25, 0.3) is 0 Å². The van der Waals surface area contributed by atoms with E-state index in [1.165, 1.54) is 4.70 Å². The van der Waals surface area contributed by atoms with Crippen molar-refractivity contribution in [2.45, 2.75) is 46.6 Å². The minimum atomic E-state index is -0.499. The molecule has 1 aromatic heterocycles. The van der Waals surface area contributed by atoms with Gasteiger partial charge < -0.3 is 4.74 Å². The number of aryl methyl sites for hydroxylation is 1. The molecule has 0 spiro atoms. The predicted molar refractivity (Wildman–Crippen MR) is 99.1 cm³/mol. The average Bonchev–Trinajstić information content (AvgIpc) is 2.84. The van der Waals surface area contributed by atoms with Crippen molar-refractivity contribution in [2.75, 3.05) is 6.54 Å². The normalized spacial score (nSPS) is 18.6. The van der Waals surface area contributed by atoms with E-state index in [1.807, 2.05) is 27.7 Å². The van der Waals surface area contributed by atoms with Crippen LogP contribution >= 0.6 is 11.3 Å². The van der Waals surface area contributed by atoms with E-state index in [9.17, 15) is 4.79 Å². The number of hydrogen-bond donors (Lipinski definition) is 0. The topological polar surface area (TPSA) is 42.4 Å². The minimum absolute atomic E-state index is 0.282. The van der Waals surface area contributed by atoms with E-state index in [0.717, 1.165) is 28.2 Å². The number of allylic oxidation sites excluding steroid dienone is 1. The van der Waals surface area contributed by atoms with E-state index in [0.29, 0.717) is 12.5 Å². The zero-order chi connectivity index (χ0) is 17.5. The fourth-order valence-electron chi connectivity index (χ4n) is 2.86. The van der Waals surface area contributed by atoms with Crippen LogP contribution in [0.5, 0.6) is 0 Å².